The lowest BCUT2D eigenvalue weighted by Crippen LogP contribution is -2.35. The first-order valence-corrected chi connectivity index (χ1v) is 8.20. The molecule has 0 saturated heterocycles. The molecule has 2 aliphatic rings. The summed E-state index contributed by atoms with van der Waals surface area (Å²) in [6.07, 6.45) is 6.40. The van der Waals surface area contributed by atoms with Gasteiger partial charge in [-0.1, -0.05) is 42.5 Å². The Balaban J connectivity index is 1.77. The Kier molecular flexibility index (Phi) is 4.37. The molecular formula is C17H24N2S. The smallest absolute Gasteiger partial charge is 0.0746 e. The normalized spacial score (nSPS) is 20.1. The molecule has 2 aliphatic carbocycles. The molecule has 0 aromatic heterocycles. The van der Waals surface area contributed by atoms with Crippen molar-refractivity contribution in [3.8, 4) is 0 Å². The molecule has 20 heavy (non-hydrogen) atoms. The minimum atomic E-state index is 0.370. The number of hydrogen-bond acceptors (Lipinski definition) is 2. The summed E-state index contributed by atoms with van der Waals surface area (Å²) >= 11 is 5.20. The van der Waals surface area contributed by atoms with E-state index < -0.39 is 0 Å². The summed E-state index contributed by atoms with van der Waals surface area (Å²) in [5.41, 5.74) is 7.23. The predicted octanol–water partition coefficient (Wildman–Crippen LogP) is 3.53. The second kappa shape index (κ2) is 6.23. The van der Waals surface area contributed by atoms with Gasteiger partial charge < -0.3 is 5.73 Å². The van der Waals surface area contributed by atoms with Crippen LogP contribution in [0.25, 0.3) is 0 Å². The van der Waals surface area contributed by atoms with Gasteiger partial charge in [-0.15, -0.1) is 0 Å². The maximum Gasteiger partial charge on any atom is 0.0746 e. The van der Waals surface area contributed by atoms with Gasteiger partial charge in [0.25, 0.3) is 0 Å². The largest absolute Gasteiger partial charge is 0.393 e. The van der Waals surface area contributed by atoms with Crippen LogP contribution in [0, 0.1) is 11.8 Å². The quantitative estimate of drug-likeness (QED) is 0.742. The number of rotatable bonds is 8. The van der Waals surface area contributed by atoms with Gasteiger partial charge in [0.2, 0.25) is 0 Å². The Morgan fingerprint density at radius 1 is 1.10 bits per heavy atom. The summed E-state index contributed by atoms with van der Waals surface area (Å²) in [4.78, 5) is 3.29. The molecule has 0 spiro atoms. The van der Waals surface area contributed by atoms with E-state index in [9.17, 15) is 0 Å². The molecular weight excluding hydrogens is 264 g/mol. The fraction of sp³-hybridized carbons (Fsp3) is 0.588. The molecule has 108 valence electrons. The second-order valence-corrected chi connectivity index (χ2v) is 6.96. The Bertz CT molecular complexity index is 437. The Morgan fingerprint density at radius 3 is 2.10 bits per heavy atom. The van der Waals surface area contributed by atoms with Crippen LogP contribution in [0.3, 0.4) is 0 Å². The van der Waals surface area contributed by atoms with Crippen LogP contribution in [0.5, 0.6) is 0 Å². The van der Waals surface area contributed by atoms with Crippen LogP contribution in [-0.4, -0.2) is 23.0 Å². The average molecular weight is 288 g/mol. The number of nitrogens with two attached hydrogens (primary N) is 1. The first kappa shape index (κ1) is 14.0. The van der Waals surface area contributed by atoms with Crippen LogP contribution in [0.15, 0.2) is 30.3 Å². The van der Waals surface area contributed by atoms with E-state index >= 15 is 0 Å². The minimum Gasteiger partial charge on any atom is -0.393 e. The molecule has 3 rings (SSSR count). The SMILES string of the molecule is NC(=S)CC(c1ccccc1)N(CC1CC1)CC1CC1. The van der Waals surface area contributed by atoms with Gasteiger partial charge in [-0.3, -0.25) is 4.90 Å². The molecule has 2 saturated carbocycles. The zero-order valence-corrected chi connectivity index (χ0v) is 12.8. The summed E-state index contributed by atoms with van der Waals surface area (Å²) in [5, 5.41) is 0. The Hall–Kier alpha value is -0.930. The molecule has 2 fully saturated rings. The van der Waals surface area contributed by atoms with E-state index in [1.54, 1.807) is 0 Å². The zero-order valence-electron chi connectivity index (χ0n) is 12.0. The third-order valence-electron chi connectivity index (χ3n) is 4.40. The molecule has 3 heteroatoms. The molecule has 1 aromatic carbocycles. The number of benzene rings is 1. The number of thiocarbonyl (C=S) groups is 1. The van der Waals surface area contributed by atoms with Crippen molar-refractivity contribution in [3.05, 3.63) is 35.9 Å². The van der Waals surface area contributed by atoms with Gasteiger partial charge in [0.15, 0.2) is 0 Å². The van der Waals surface area contributed by atoms with Crippen molar-refractivity contribution < 1.29 is 0 Å². The van der Waals surface area contributed by atoms with Crippen LogP contribution in [0.4, 0.5) is 0 Å². The fourth-order valence-electron chi connectivity index (χ4n) is 2.92. The van der Waals surface area contributed by atoms with Gasteiger partial charge in [-0.2, -0.15) is 0 Å². The number of nitrogens with zero attached hydrogens (tertiary/aromatic N) is 1. The van der Waals surface area contributed by atoms with E-state index in [1.165, 1.54) is 44.3 Å². The van der Waals surface area contributed by atoms with Crippen molar-refractivity contribution in [1.82, 2.24) is 4.90 Å². The minimum absolute atomic E-state index is 0.370. The Morgan fingerprint density at radius 2 is 1.65 bits per heavy atom. The monoisotopic (exact) mass is 288 g/mol. The standard InChI is InChI=1S/C17H24N2S/c18-17(20)10-16(15-4-2-1-3-5-15)19(11-13-6-7-13)12-14-8-9-14/h1-5,13-14,16H,6-12H2,(H2,18,20). The van der Waals surface area contributed by atoms with Crippen molar-refractivity contribution in [2.24, 2.45) is 17.6 Å². The van der Waals surface area contributed by atoms with Gasteiger partial charge >= 0.3 is 0 Å². The summed E-state index contributed by atoms with van der Waals surface area (Å²) in [5.74, 6) is 1.82. The van der Waals surface area contributed by atoms with Crippen LogP contribution in [-0.2, 0) is 0 Å². The maximum atomic E-state index is 5.87. The first-order chi connectivity index (χ1) is 9.72. The molecule has 1 unspecified atom stereocenters. The molecule has 0 heterocycles. The highest BCUT2D eigenvalue weighted by molar-refractivity contribution is 7.80. The van der Waals surface area contributed by atoms with E-state index in [2.05, 4.69) is 35.2 Å². The van der Waals surface area contributed by atoms with Crippen LogP contribution < -0.4 is 5.73 Å². The zero-order chi connectivity index (χ0) is 13.9. The summed E-state index contributed by atoms with van der Waals surface area (Å²) in [6, 6.07) is 11.1. The molecule has 0 bridgehead atoms. The Labute approximate surface area is 127 Å². The van der Waals surface area contributed by atoms with Crippen molar-refractivity contribution in [2.45, 2.75) is 38.1 Å². The first-order valence-electron chi connectivity index (χ1n) is 7.79. The molecule has 2 N–H and O–H groups in total. The van der Waals surface area contributed by atoms with Gasteiger partial charge in [0.1, 0.15) is 0 Å². The highest BCUT2D eigenvalue weighted by Crippen LogP contribution is 2.38. The highest BCUT2D eigenvalue weighted by atomic mass is 32.1. The number of hydrogen-bond donors (Lipinski definition) is 1. The third kappa shape index (κ3) is 4.03. The van der Waals surface area contributed by atoms with E-state index in [0.29, 0.717) is 11.0 Å². The van der Waals surface area contributed by atoms with Crippen molar-refractivity contribution >= 4 is 17.2 Å². The predicted molar refractivity (Wildman–Crippen MR) is 87.6 cm³/mol. The van der Waals surface area contributed by atoms with Crippen molar-refractivity contribution in [1.29, 1.82) is 0 Å². The maximum absolute atomic E-state index is 5.87. The summed E-state index contributed by atoms with van der Waals surface area (Å²) in [6.45, 7) is 2.44. The van der Waals surface area contributed by atoms with E-state index in [-0.39, 0.29) is 0 Å². The fourth-order valence-corrected chi connectivity index (χ4v) is 3.07. The van der Waals surface area contributed by atoms with Gasteiger partial charge in [-0.25, -0.2) is 0 Å². The van der Waals surface area contributed by atoms with Crippen LogP contribution >= 0.6 is 12.2 Å². The van der Waals surface area contributed by atoms with E-state index in [1.807, 2.05) is 0 Å². The van der Waals surface area contributed by atoms with Gasteiger partial charge in [0.05, 0.1) is 4.99 Å². The second-order valence-electron chi connectivity index (χ2n) is 6.44. The van der Waals surface area contributed by atoms with Crippen LogP contribution in [0.1, 0.15) is 43.7 Å². The molecule has 0 aliphatic heterocycles. The van der Waals surface area contributed by atoms with Crippen LogP contribution in [0.2, 0.25) is 0 Å². The molecule has 1 aromatic rings. The van der Waals surface area contributed by atoms with E-state index in [0.717, 1.165) is 18.3 Å². The molecule has 0 amide bonds. The lowest BCUT2D eigenvalue weighted by atomic mass is 10.0. The van der Waals surface area contributed by atoms with Crippen molar-refractivity contribution in [2.75, 3.05) is 13.1 Å². The van der Waals surface area contributed by atoms with Gasteiger partial charge in [-0.05, 0) is 43.1 Å². The third-order valence-corrected chi connectivity index (χ3v) is 4.57. The lowest BCUT2D eigenvalue weighted by Gasteiger charge is -2.32. The molecule has 1 atom stereocenters. The molecule has 0 radical (unpaired) electrons. The lowest BCUT2D eigenvalue weighted by molar-refractivity contribution is 0.184. The summed E-state index contributed by atoms with van der Waals surface area (Å²) in [7, 11) is 0. The summed E-state index contributed by atoms with van der Waals surface area (Å²) < 4.78 is 0. The topological polar surface area (TPSA) is 29.3 Å². The van der Waals surface area contributed by atoms with Gasteiger partial charge in [0, 0.05) is 25.6 Å². The highest BCUT2D eigenvalue weighted by Gasteiger charge is 2.33. The average Bonchev–Trinajstić information content (AvgIpc) is 3.32. The van der Waals surface area contributed by atoms with Crippen molar-refractivity contribution in [3.63, 3.8) is 0 Å². The molecule has 2 nitrogen and oxygen atoms in total. The van der Waals surface area contributed by atoms with E-state index in [4.69, 9.17) is 18.0 Å².